The van der Waals surface area contributed by atoms with Gasteiger partial charge in [0.2, 0.25) is 0 Å². The summed E-state index contributed by atoms with van der Waals surface area (Å²) in [6, 6.07) is 7.90. The fourth-order valence-corrected chi connectivity index (χ4v) is 1.52. The van der Waals surface area contributed by atoms with Gasteiger partial charge >= 0.3 is 0 Å². The van der Waals surface area contributed by atoms with E-state index in [1.807, 2.05) is 42.1 Å². The van der Waals surface area contributed by atoms with Crippen LogP contribution in [-0.4, -0.2) is 22.9 Å². The fraction of sp³-hybridized carbons (Fsp3) is 0.0909. The van der Waals surface area contributed by atoms with Crippen LogP contribution in [0, 0.1) is 0 Å². The lowest BCUT2D eigenvalue weighted by atomic mass is 10.2. The Kier molecular flexibility index (Phi) is 2.86. The first kappa shape index (κ1) is 10.2. The van der Waals surface area contributed by atoms with Gasteiger partial charge in [0.15, 0.2) is 0 Å². The molecule has 2 rings (SSSR count). The lowest BCUT2D eigenvalue weighted by Gasteiger charge is -2.16. The molecule has 0 atom stereocenters. The molecule has 16 heavy (non-hydrogen) atoms. The van der Waals surface area contributed by atoms with Gasteiger partial charge in [-0.15, -0.1) is 0 Å². The SMILES string of the molecule is CN(/N=C\N)c1ccccc1-n1ccnc1. The molecule has 0 unspecified atom stereocenters. The summed E-state index contributed by atoms with van der Waals surface area (Å²) in [5.41, 5.74) is 7.25. The largest absolute Gasteiger partial charge is 0.388 e. The van der Waals surface area contributed by atoms with Gasteiger partial charge in [0.05, 0.1) is 17.7 Å². The molecule has 0 aliphatic rings. The molecule has 0 saturated carbocycles. The van der Waals surface area contributed by atoms with Gasteiger partial charge in [0, 0.05) is 19.4 Å². The molecule has 0 amide bonds. The number of anilines is 1. The highest BCUT2D eigenvalue weighted by molar-refractivity contribution is 5.64. The van der Waals surface area contributed by atoms with Crippen molar-refractivity contribution in [2.45, 2.75) is 0 Å². The van der Waals surface area contributed by atoms with Crippen molar-refractivity contribution in [2.24, 2.45) is 10.8 Å². The van der Waals surface area contributed by atoms with Gasteiger partial charge in [-0.1, -0.05) is 12.1 Å². The summed E-state index contributed by atoms with van der Waals surface area (Å²) in [6.07, 6.45) is 6.64. The first-order valence-corrected chi connectivity index (χ1v) is 4.88. The van der Waals surface area contributed by atoms with Gasteiger partial charge in [-0.3, -0.25) is 5.01 Å². The third kappa shape index (κ3) is 1.88. The van der Waals surface area contributed by atoms with Crippen molar-refractivity contribution in [3.63, 3.8) is 0 Å². The number of nitrogens with two attached hydrogens (primary N) is 1. The molecule has 0 bridgehead atoms. The van der Waals surface area contributed by atoms with E-state index in [1.54, 1.807) is 17.5 Å². The van der Waals surface area contributed by atoms with Crippen molar-refractivity contribution < 1.29 is 0 Å². The molecular formula is C11H13N5. The van der Waals surface area contributed by atoms with Gasteiger partial charge in [0.25, 0.3) is 0 Å². The molecule has 0 aliphatic carbocycles. The van der Waals surface area contributed by atoms with E-state index >= 15 is 0 Å². The zero-order valence-electron chi connectivity index (χ0n) is 8.99. The Bertz CT molecular complexity index is 475. The quantitative estimate of drug-likeness (QED) is 0.475. The minimum atomic E-state index is 0.960. The molecule has 0 aliphatic heterocycles. The third-order valence-corrected chi connectivity index (χ3v) is 2.25. The van der Waals surface area contributed by atoms with Crippen LogP contribution in [0.15, 0.2) is 48.1 Å². The topological polar surface area (TPSA) is 59.4 Å². The second-order valence-electron chi connectivity index (χ2n) is 3.25. The number of hydrogen-bond donors (Lipinski definition) is 1. The lowest BCUT2D eigenvalue weighted by Crippen LogP contribution is -2.13. The van der Waals surface area contributed by atoms with Gasteiger partial charge in [-0.2, -0.15) is 5.10 Å². The van der Waals surface area contributed by atoms with E-state index in [9.17, 15) is 0 Å². The number of nitrogens with zero attached hydrogens (tertiary/aromatic N) is 4. The van der Waals surface area contributed by atoms with E-state index < -0.39 is 0 Å². The number of rotatable bonds is 3. The average Bonchev–Trinajstić information content (AvgIpc) is 2.83. The number of para-hydroxylation sites is 2. The summed E-state index contributed by atoms with van der Waals surface area (Å²) in [5.74, 6) is 0. The average molecular weight is 215 g/mol. The van der Waals surface area contributed by atoms with Crippen molar-refractivity contribution in [3.8, 4) is 5.69 Å². The van der Waals surface area contributed by atoms with Gasteiger partial charge < -0.3 is 10.3 Å². The Morgan fingerprint density at radius 3 is 2.94 bits per heavy atom. The molecule has 0 spiro atoms. The van der Waals surface area contributed by atoms with Gasteiger partial charge in [0.1, 0.15) is 6.34 Å². The summed E-state index contributed by atoms with van der Waals surface area (Å²) in [4.78, 5) is 4.03. The van der Waals surface area contributed by atoms with Crippen LogP contribution in [0.5, 0.6) is 0 Å². The molecule has 2 N–H and O–H groups in total. The number of benzene rings is 1. The summed E-state index contributed by atoms with van der Waals surface area (Å²) < 4.78 is 1.93. The van der Waals surface area contributed by atoms with Crippen LogP contribution < -0.4 is 10.7 Å². The van der Waals surface area contributed by atoms with Crippen molar-refractivity contribution >= 4 is 12.0 Å². The minimum absolute atomic E-state index is 0.960. The Balaban J connectivity index is 2.46. The van der Waals surface area contributed by atoms with Crippen molar-refractivity contribution in [1.29, 1.82) is 0 Å². The normalized spacial score (nSPS) is 10.8. The minimum Gasteiger partial charge on any atom is -0.388 e. The van der Waals surface area contributed by atoms with E-state index in [4.69, 9.17) is 5.73 Å². The van der Waals surface area contributed by atoms with Crippen LogP contribution in [0.25, 0.3) is 5.69 Å². The Morgan fingerprint density at radius 2 is 2.25 bits per heavy atom. The summed E-state index contributed by atoms with van der Waals surface area (Å²) in [5, 5.41) is 5.74. The molecule has 5 heteroatoms. The molecule has 1 aromatic carbocycles. The summed E-state index contributed by atoms with van der Waals surface area (Å²) in [6.45, 7) is 0. The Morgan fingerprint density at radius 1 is 1.44 bits per heavy atom. The van der Waals surface area contributed by atoms with Crippen LogP contribution in [0.3, 0.4) is 0 Å². The first-order valence-electron chi connectivity index (χ1n) is 4.88. The molecule has 5 nitrogen and oxygen atoms in total. The number of hydrogen-bond acceptors (Lipinski definition) is 3. The highest BCUT2D eigenvalue weighted by Gasteiger charge is 2.06. The molecule has 0 fully saturated rings. The van der Waals surface area contributed by atoms with E-state index in [0.717, 1.165) is 11.4 Å². The maximum Gasteiger partial charge on any atom is 0.106 e. The zero-order chi connectivity index (χ0) is 11.4. The molecule has 1 heterocycles. The fourth-order valence-electron chi connectivity index (χ4n) is 1.52. The van der Waals surface area contributed by atoms with E-state index in [0.29, 0.717) is 0 Å². The number of imidazole rings is 1. The van der Waals surface area contributed by atoms with Crippen LogP contribution >= 0.6 is 0 Å². The van der Waals surface area contributed by atoms with Crippen LogP contribution in [-0.2, 0) is 0 Å². The highest BCUT2D eigenvalue weighted by Crippen LogP contribution is 2.22. The molecule has 2 aromatic rings. The molecule has 1 aromatic heterocycles. The maximum absolute atomic E-state index is 5.28. The second-order valence-corrected chi connectivity index (χ2v) is 3.25. The molecule has 0 radical (unpaired) electrons. The number of aromatic nitrogens is 2. The van der Waals surface area contributed by atoms with E-state index in [1.165, 1.54) is 6.34 Å². The Labute approximate surface area is 93.8 Å². The Hall–Kier alpha value is -2.30. The number of hydrazone groups is 1. The second kappa shape index (κ2) is 4.48. The molecule has 82 valence electrons. The molecular weight excluding hydrogens is 202 g/mol. The van der Waals surface area contributed by atoms with E-state index in [2.05, 4.69) is 10.1 Å². The predicted octanol–water partition coefficient (Wildman–Crippen LogP) is 1.21. The lowest BCUT2D eigenvalue weighted by molar-refractivity contribution is 0.978. The predicted molar refractivity (Wildman–Crippen MR) is 64.6 cm³/mol. The van der Waals surface area contributed by atoms with Crippen molar-refractivity contribution in [3.05, 3.63) is 43.0 Å². The third-order valence-electron chi connectivity index (χ3n) is 2.25. The van der Waals surface area contributed by atoms with Gasteiger partial charge in [-0.05, 0) is 12.1 Å². The zero-order valence-corrected chi connectivity index (χ0v) is 8.99. The first-order chi connectivity index (χ1) is 7.83. The summed E-state index contributed by atoms with van der Waals surface area (Å²) in [7, 11) is 1.85. The monoisotopic (exact) mass is 215 g/mol. The van der Waals surface area contributed by atoms with Crippen LogP contribution in [0.4, 0.5) is 5.69 Å². The van der Waals surface area contributed by atoms with E-state index in [-0.39, 0.29) is 0 Å². The van der Waals surface area contributed by atoms with Crippen molar-refractivity contribution in [1.82, 2.24) is 9.55 Å². The molecule has 0 saturated heterocycles. The van der Waals surface area contributed by atoms with Crippen LogP contribution in [0.1, 0.15) is 0 Å². The standard InChI is InChI=1S/C11H13N5/c1-15(14-8-12)10-4-2-3-5-11(10)16-7-6-13-9-16/h2-9H,1H3,(H2,12,14). The maximum atomic E-state index is 5.28. The highest BCUT2D eigenvalue weighted by atomic mass is 15.4. The van der Waals surface area contributed by atoms with Crippen LogP contribution in [0.2, 0.25) is 0 Å². The van der Waals surface area contributed by atoms with Gasteiger partial charge in [-0.25, -0.2) is 4.98 Å². The van der Waals surface area contributed by atoms with Crippen molar-refractivity contribution in [2.75, 3.05) is 12.1 Å². The smallest absolute Gasteiger partial charge is 0.106 e. The summed E-state index contributed by atoms with van der Waals surface area (Å²) >= 11 is 0.